The van der Waals surface area contributed by atoms with Crippen LogP contribution in [0, 0.1) is 5.92 Å². The molecule has 0 radical (unpaired) electrons. The molecule has 0 aliphatic heterocycles. The molecule has 1 aliphatic rings. The summed E-state index contributed by atoms with van der Waals surface area (Å²) in [5.74, 6) is 2.82. The Labute approximate surface area is 179 Å². The molecular formula is C20H33IN6. The number of nitrogens with one attached hydrogen (secondary N) is 2. The average molecular weight is 484 g/mol. The Morgan fingerprint density at radius 1 is 1.19 bits per heavy atom. The minimum Gasteiger partial charge on any atom is -0.357 e. The van der Waals surface area contributed by atoms with E-state index in [1.54, 1.807) is 0 Å². The van der Waals surface area contributed by atoms with Crippen LogP contribution in [0.15, 0.2) is 29.4 Å². The lowest BCUT2D eigenvalue weighted by atomic mass is 9.83. The fourth-order valence-electron chi connectivity index (χ4n) is 3.85. The van der Waals surface area contributed by atoms with Gasteiger partial charge in [-0.3, -0.25) is 9.39 Å². The van der Waals surface area contributed by atoms with Crippen molar-refractivity contribution in [2.45, 2.75) is 64.8 Å². The van der Waals surface area contributed by atoms with Gasteiger partial charge in [0.25, 0.3) is 0 Å². The van der Waals surface area contributed by atoms with Crippen LogP contribution >= 0.6 is 24.0 Å². The van der Waals surface area contributed by atoms with E-state index in [2.05, 4.69) is 34.7 Å². The van der Waals surface area contributed by atoms with E-state index in [4.69, 9.17) is 4.99 Å². The molecule has 0 spiro atoms. The highest BCUT2D eigenvalue weighted by atomic mass is 127. The number of hydrogen-bond acceptors (Lipinski definition) is 3. The van der Waals surface area contributed by atoms with Crippen molar-refractivity contribution in [2.75, 3.05) is 13.1 Å². The minimum atomic E-state index is 0. The zero-order valence-corrected chi connectivity index (χ0v) is 18.9. The van der Waals surface area contributed by atoms with E-state index in [1.807, 2.05) is 28.8 Å². The highest BCUT2D eigenvalue weighted by Crippen LogP contribution is 2.27. The molecule has 0 amide bonds. The van der Waals surface area contributed by atoms with Crippen LogP contribution in [0.2, 0.25) is 0 Å². The van der Waals surface area contributed by atoms with Crippen LogP contribution in [-0.2, 0) is 6.42 Å². The number of aliphatic imine (C=N–C) groups is 1. The lowest BCUT2D eigenvalue weighted by Gasteiger charge is -2.30. The predicted molar refractivity (Wildman–Crippen MR) is 122 cm³/mol. The van der Waals surface area contributed by atoms with Crippen molar-refractivity contribution in [2.24, 2.45) is 10.9 Å². The number of rotatable bonds is 7. The first-order valence-corrected chi connectivity index (χ1v) is 10.1. The molecule has 3 rings (SSSR count). The van der Waals surface area contributed by atoms with Crippen molar-refractivity contribution >= 4 is 35.6 Å². The van der Waals surface area contributed by atoms with Crippen molar-refractivity contribution in [3.8, 4) is 0 Å². The summed E-state index contributed by atoms with van der Waals surface area (Å²) in [6, 6.07) is 6.51. The minimum absolute atomic E-state index is 0. The normalized spacial score (nSPS) is 20.3. The van der Waals surface area contributed by atoms with Crippen LogP contribution in [0.25, 0.3) is 5.65 Å². The van der Waals surface area contributed by atoms with Crippen LogP contribution in [-0.4, -0.2) is 39.7 Å². The highest BCUT2D eigenvalue weighted by molar-refractivity contribution is 14.0. The number of guanidine groups is 1. The zero-order chi connectivity index (χ0) is 18.2. The quantitative estimate of drug-likeness (QED) is 0.357. The van der Waals surface area contributed by atoms with Gasteiger partial charge in [-0.1, -0.05) is 25.8 Å². The third-order valence-electron chi connectivity index (χ3n) is 5.22. The van der Waals surface area contributed by atoms with Gasteiger partial charge < -0.3 is 10.6 Å². The summed E-state index contributed by atoms with van der Waals surface area (Å²) < 4.78 is 2.03. The van der Waals surface area contributed by atoms with Crippen molar-refractivity contribution in [1.82, 2.24) is 25.2 Å². The Morgan fingerprint density at radius 3 is 2.74 bits per heavy atom. The molecule has 1 saturated carbocycles. The maximum Gasteiger partial charge on any atom is 0.191 e. The number of nitrogens with zero attached hydrogens (tertiary/aromatic N) is 4. The van der Waals surface area contributed by atoms with Crippen LogP contribution in [0.3, 0.4) is 0 Å². The van der Waals surface area contributed by atoms with Gasteiger partial charge in [-0.2, -0.15) is 0 Å². The molecule has 0 unspecified atom stereocenters. The number of fused-ring (bicyclic) bond motifs is 1. The molecule has 0 bridgehead atoms. The molecule has 7 heteroatoms. The monoisotopic (exact) mass is 484 g/mol. The van der Waals surface area contributed by atoms with Crippen LogP contribution < -0.4 is 10.6 Å². The second kappa shape index (κ2) is 11.5. The van der Waals surface area contributed by atoms with Crippen LogP contribution in [0.4, 0.5) is 0 Å². The van der Waals surface area contributed by atoms with Crippen LogP contribution in [0.5, 0.6) is 0 Å². The maximum absolute atomic E-state index is 4.76. The Kier molecular flexibility index (Phi) is 9.30. The van der Waals surface area contributed by atoms with Gasteiger partial charge in [0.15, 0.2) is 11.6 Å². The second-order valence-corrected chi connectivity index (χ2v) is 7.21. The van der Waals surface area contributed by atoms with Crippen LogP contribution in [0.1, 0.15) is 58.2 Å². The smallest absolute Gasteiger partial charge is 0.191 e. The van der Waals surface area contributed by atoms with E-state index in [1.165, 1.54) is 38.5 Å². The number of halogens is 1. The summed E-state index contributed by atoms with van der Waals surface area (Å²) in [6.07, 6.45) is 10.7. The van der Waals surface area contributed by atoms with Gasteiger partial charge in [-0.15, -0.1) is 34.2 Å². The Morgan fingerprint density at radius 2 is 2.00 bits per heavy atom. The summed E-state index contributed by atoms with van der Waals surface area (Å²) in [6.45, 7) is 5.99. The summed E-state index contributed by atoms with van der Waals surface area (Å²) in [4.78, 5) is 4.76. The molecule has 1 aliphatic carbocycles. The Hall–Kier alpha value is -1.38. The first-order chi connectivity index (χ1) is 12.8. The third-order valence-corrected chi connectivity index (χ3v) is 5.22. The molecule has 2 N–H and O–H groups in total. The topological polar surface area (TPSA) is 66.6 Å². The molecule has 1 fully saturated rings. The molecular weight excluding hydrogens is 451 g/mol. The molecule has 27 heavy (non-hydrogen) atoms. The molecule has 6 nitrogen and oxygen atoms in total. The van der Waals surface area contributed by atoms with Gasteiger partial charge in [0.05, 0.1) is 0 Å². The van der Waals surface area contributed by atoms with E-state index in [0.29, 0.717) is 12.6 Å². The van der Waals surface area contributed by atoms with E-state index in [0.717, 1.165) is 36.3 Å². The number of aromatic nitrogens is 3. The van der Waals surface area contributed by atoms with E-state index in [9.17, 15) is 0 Å². The molecule has 2 aromatic rings. The second-order valence-electron chi connectivity index (χ2n) is 7.21. The van der Waals surface area contributed by atoms with E-state index in [-0.39, 0.29) is 24.0 Å². The zero-order valence-electron chi connectivity index (χ0n) is 16.5. The van der Waals surface area contributed by atoms with Crippen molar-refractivity contribution in [1.29, 1.82) is 0 Å². The first-order valence-electron chi connectivity index (χ1n) is 10.1. The Balaban J connectivity index is 0.00000261. The van der Waals surface area contributed by atoms with E-state index >= 15 is 0 Å². The lowest BCUT2D eigenvalue weighted by Crippen LogP contribution is -2.45. The van der Waals surface area contributed by atoms with Gasteiger partial charge >= 0.3 is 0 Å². The molecule has 0 saturated heterocycles. The molecule has 0 atom stereocenters. The van der Waals surface area contributed by atoms with Gasteiger partial charge in [-0.05, 0) is 50.7 Å². The van der Waals surface area contributed by atoms with Gasteiger partial charge in [0.1, 0.15) is 5.82 Å². The van der Waals surface area contributed by atoms with Crippen molar-refractivity contribution in [3.05, 3.63) is 30.2 Å². The summed E-state index contributed by atoms with van der Waals surface area (Å²) in [7, 11) is 0. The first kappa shape index (κ1) is 21.9. The fraction of sp³-hybridized carbons (Fsp3) is 0.650. The molecule has 150 valence electrons. The van der Waals surface area contributed by atoms with Gasteiger partial charge in [-0.25, -0.2) is 0 Å². The SMILES string of the molecule is CCCC1CCC(NC(=NCCc2nnc3ccccn23)NCC)CC1.I. The summed E-state index contributed by atoms with van der Waals surface area (Å²) in [5, 5.41) is 15.5. The third kappa shape index (κ3) is 6.33. The molecule has 2 aromatic heterocycles. The molecule has 0 aromatic carbocycles. The predicted octanol–water partition coefficient (Wildman–Crippen LogP) is 3.80. The van der Waals surface area contributed by atoms with Gasteiger partial charge in [0.2, 0.25) is 0 Å². The summed E-state index contributed by atoms with van der Waals surface area (Å²) in [5.41, 5.74) is 0.889. The van der Waals surface area contributed by atoms with Crippen molar-refractivity contribution in [3.63, 3.8) is 0 Å². The number of hydrogen-bond donors (Lipinski definition) is 2. The largest absolute Gasteiger partial charge is 0.357 e. The maximum atomic E-state index is 4.76. The summed E-state index contributed by atoms with van der Waals surface area (Å²) >= 11 is 0. The highest BCUT2D eigenvalue weighted by Gasteiger charge is 2.21. The van der Waals surface area contributed by atoms with Gasteiger partial charge in [0, 0.05) is 31.7 Å². The lowest BCUT2D eigenvalue weighted by molar-refractivity contribution is 0.295. The average Bonchev–Trinajstić information content (AvgIpc) is 3.07. The van der Waals surface area contributed by atoms with Crippen molar-refractivity contribution < 1.29 is 0 Å². The van der Waals surface area contributed by atoms with E-state index < -0.39 is 0 Å². The Bertz CT molecular complexity index is 705. The fourth-order valence-corrected chi connectivity index (χ4v) is 3.85. The number of pyridine rings is 1. The molecule has 2 heterocycles. The standard InChI is InChI=1S/C20H32N6.HI/c1-3-7-16-9-11-17(12-10-16)23-20(21-4-2)22-14-13-19-25-24-18-8-5-6-15-26(18)19;/h5-6,8,15-17H,3-4,7,9-14H2,1-2H3,(H2,21,22,23);1H.